The van der Waals surface area contributed by atoms with E-state index in [0.717, 1.165) is 35.3 Å². The number of piperidine rings is 1. The van der Waals surface area contributed by atoms with Gasteiger partial charge in [-0.15, -0.1) is 11.3 Å². The second-order valence-corrected chi connectivity index (χ2v) is 10.5. The van der Waals surface area contributed by atoms with Gasteiger partial charge in [0.2, 0.25) is 10.0 Å². The molecule has 4 heterocycles. The maximum atomic E-state index is 12.8. The summed E-state index contributed by atoms with van der Waals surface area (Å²) in [6, 6.07) is 2.39. The first-order valence-electron chi connectivity index (χ1n) is 9.64. The number of hydrogen-bond acceptors (Lipinski definition) is 7. The highest BCUT2D eigenvalue weighted by Gasteiger charge is 2.35. The van der Waals surface area contributed by atoms with Crippen molar-refractivity contribution in [1.29, 1.82) is 0 Å². The van der Waals surface area contributed by atoms with Gasteiger partial charge in [-0.25, -0.2) is 22.7 Å². The van der Waals surface area contributed by atoms with Crippen LogP contribution in [-0.4, -0.2) is 60.3 Å². The van der Waals surface area contributed by atoms with E-state index in [9.17, 15) is 8.42 Å². The fourth-order valence-corrected chi connectivity index (χ4v) is 6.69. The summed E-state index contributed by atoms with van der Waals surface area (Å²) < 4.78 is 32.7. The molecule has 2 aromatic rings. The number of aryl methyl sites for hydroxylation is 1. The number of nitrogens with zero attached hydrogens (tertiary/aromatic N) is 3. The molecule has 27 heavy (non-hydrogen) atoms. The molecule has 0 spiro atoms. The normalized spacial score (nSPS) is 20.9. The molecule has 0 saturated carbocycles. The van der Waals surface area contributed by atoms with Crippen LogP contribution in [0.5, 0.6) is 0 Å². The van der Waals surface area contributed by atoms with E-state index in [4.69, 9.17) is 4.74 Å². The van der Waals surface area contributed by atoms with Gasteiger partial charge in [-0.3, -0.25) is 0 Å². The van der Waals surface area contributed by atoms with Crippen molar-refractivity contribution < 1.29 is 13.2 Å². The van der Waals surface area contributed by atoms with Crippen LogP contribution in [0.3, 0.4) is 0 Å². The number of fused-ring (bicyclic) bond motifs is 1. The standard InChI is InChI=1S/C18H26N4O3S2/c1-2-14-11-16-17(19-12-20-18(16)26-14)21-13-3-7-22(8-4-13)27(23,24)15-5-9-25-10-6-15/h11-13,15H,2-10H2,1H3,(H,19,20,21). The van der Waals surface area contributed by atoms with Crippen LogP contribution in [0.2, 0.25) is 0 Å². The lowest BCUT2D eigenvalue weighted by Gasteiger charge is -2.35. The van der Waals surface area contributed by atoms with Crippen molar-refractivity contribution in [3.8, 4) is 0 Å². The minimum atomic E-state index is -3.21. The van der Waals surface area contributed by atoms with E-state index < -0.39 is 10.0 Å². The molecular formula is C18H26N4O3S2. The lowest BCUT2D eigenvalue weighted by molar-refractivity contribution is 0.0969. The van der Waals surface area contributed by atoms with Gasteiger partial charge >= 0.3 is 0 Å². The molecule has 1 N–H and O–H groups in total. The van der Waals surface area contributed by atoms with Crippen LogP contribution in [0.25, 0.3) is 10.2 Å². The molecule has 2 aromatic heterocycles. The third-order valence-corrected chi connectivity index (χ3v) is 9.06. The Hall–Kier alpha value is -1.29. The molecule has 4 rings (SSSR count). The van der Waals surface area contributed by atoms with Gasteiger partial charge < -0.3 is 10.1 Å². The maximum absolute atomic E-state index is 12.8. The van der Waals surface area contributed by atoms with Gasteiger partial charge in [-0.2, -0.15) is 0 Å². The van der Waals surface area contributed by atoms with E-state index >= 15 is 0 Å². The number of nitrogens with one attached hydrogen (secondary N) is 1. The molecule has 9 heteroatoms. The number of ether oxygens (including phenoxy) is 1. The van der Waals surface area contributed by atoms with Crippen molar-refractivity contribution in [3.63, 3.8) is 0 Å². The van der Waals surface area contributed by atoms with Crippen LogP contribution < -0.4 is 5.32 Å². The lowest BCUT2D eigenvalue weighted by atomic mass is 10.1. The molecule has 0 aromatic carbocycles. The van der Waals surface area contributed by atoms with Crippen molar-refractivity contribution in [2.45, 2.75) is 50.3 Å². The van der Waals surface area contributed by atoms with E-state index in [1.807, 2.05) is 0 Å². The summed E-state index contributed by atoms with van der Waals surface area (Å²) in [6.45, 7) is 4.36. The molecule has 2 aliphatic heterocycles. The monoisotopic (exact) mass is 410 g/mol. The highest BCUT2D eigenvalue weighted by Crippen LogP contribution is 2.30. The third kappa shape index (κ3) is 3.96. The molecule has 0 aliphatic carbocycles. The smallest absolute Gasteiger partial charge is 0.217 e. The minimum absolute atomic E-state index is 0.231. The molecule has 0 unspecified atom stereocenters. The number of aromatic nitrogens is 2. The average molecular weight is 411 g/mol. The van der Waals surface area contributed by atoms with E-state index in [2.05, 4.69) is 28.3 Å². The minimum Gasteiger partial charge on any atom is -0.381 e. The van der Waals surface area contributed by atoms with Crippen LogP contribution in [0.15, 0.2) is 12.4 Å². The molecular weight excluding hydrogens is 384 g/mol. The summed E-state index contributed by atoms with van der Waals surface area (Å²) in [6.07, 6.45) is 5.39. The van der Waals surface area contributed by atoms with Gasteiger partial charge in [-0.05, 0) is 38.2 Å². The highest BCUT2D eigenvalue weighted by atomic mass is 32.2. The van der Waals surface area contributed by atoms with Gasteiger partial charge in [0.1, 0.15) is 17.0 Å². The molecule has 0 bridgehead atoms. The Morgan fingerprint density at radius 2 is 1.96 bits per heavy atom. The van der Waals surface area contributed by atoms with E-state index in [1.165, 1.54) is 4.88 Å². The summed E-state index contributed by atoms with van der Waals surface area (Å²) in [5.74, 6) is 0.863. The Balaban J connectivity index is 1.40. The van der Waals surface area contributed by atoms with Crippen molar-refractivity contribution in [2.75, 3.05) is 31.6 Å². The Labute approximate surface area is 164 Å². The zero-order valence-electron chi connectivity index (χ0n) is 15.6. The summed E-state index contributed by atoms with van der Waals surface area (Å²) in [4.78, 5) is 11.1. The topological polar surface area (TPSA) is 84.4 Å². The fraction of sp³-hybridized carbons (Fsp3) is 0.667. The Kier molecular flexibility index (Phi) is 5.63. The molecule has 7 nitrogen and oxygen atoms in total. The molecule has 2 fully saturated rings. The second kappa shape index (κ2) is 7.98. The average Bonchev–Trinajstić information content (AvgIpc) is 3.14. The first kappa shape index (κ1) is 19.0. The molecule has 2 aliphatic rings. The van der Waals surface area contributed by atoms with E-state index in [-0.39, 0.29) is 11.3 Å². The largest absolute Gasteiger partial charge is 0.381 e. The highest BCUT2D eigenvalue weighted by molar-refractivity contribution is 7.89. The van der Waals surface area contributed by atoms with Crippen LogP contribution in [-0.2, 0) is 21.2 Å². The van der Waals surface area contributed by atoms with Crippen molar-refractivity contribution in [2.24, 2.45) is 0 Å². The van der Waals surface area contributed by atoms with Crippen LogP contribution in [0, 0.1) is 0 Å². The molecule has 2 saturated heterocycles. The first-order chi connectivity index (χ1) is 13.1. The Morgan fingerprint density at radius 3 is 2.67 bits per heavy atom. The SMILES string of the molecule is CCc1cc2c(NC3CCN(S(=O)(=O)C4CCOCC4)CC3)ncnc2s1. The van der Waals surface area contributed by atoms with Crippen LogP contribution in [0.1, 0.15) is 37.5 Å². The van der Waals surface area contributed by atoms with Gasteiger partial charge in [0.25, 0.3) is 0 Å². The summed E-state index contributed by atoms with van der Waals surface area (Å²) in [5, 5.41) is 4.31. The predicted molar refractivity (Wildman–Crippen MR) is 108 cm³/mol. The lowest BCUT2D eigenvalue weighted by Crippen LogP contribution is -2.47. The zero-order valence-corrected chi connectivity index (χ0v) is 17.2. The Bertz CT molecular complexity index is 885. The van der Waals surface area contributed by atoms with E-state index in [1.54, 1.807) is 22.0 Å². The summed E-state index contributed by atoms with van der Waals surface area (Å²) in [7, 11) is -3.21. The number of anilines is 1. The number of thiophene rings is 1. The van der Waals surface area contributed by atoms with Gasteiger partial charge in [0, 0.05) is 37.2 Å². The first-order valence-corrected chi connectivity index (χ1v) is 12.0. The summed E-state index contributed by atoms with van der Waals surface area (Å²) >= 11 is 1.70. The molecule has 0 amide bonds. The molecule has 148 valence electrons. The Morgan fingerprint density at radius 1 is 1.22 bits per heavy atom. The van der Waals surface area contributed by atoms with Crippen molar-refractivity contribution in [1.82, 2.24) is 14.3 Å². The quantitative estimate of drug-likeness (QED) is 0.816. The van der Waals surface area contributed by atoms with Gasteiger partial charge in [0.15, 0.2) is 0 Å². The fourth-order valence-electron chi connectivity index (χ4n) is 3.83. The maximum Gasteiger partial charge on any atom is 0.217 e. The second-order valence-electron chi connectivity index (χ2n) is 7.18. The van der Waals surface area contributed by atoms with Crippen LogP contribution in [0.4, 0.5) is 5.82 Å². The number of rotatable bonds is 5. The molecule has 0 atom stereocenters. The predicted octanol–water partition coefficient (Wildman–Crippen LogP) is 2.64. The third-order valence-electron chi connectivity index (χ3n) is 5.47. The van der Waals surface area contributed by atoms with E-state index in [0.29, 0.717) is 39.1 Å². The van der Waals surface area contributed by atoms with Crippen molar-refractivity contribution in [3.05, 3.63) is 17.3 Å². The zero-order chi connectivity index (χ0) is 18.9. The van der Waals surface area contributed by atoms with Gasteiger partial charge in [-0.1, -0.05) is 6.92 Å². The van der Waals surface area contributed by atoms with Crippen molar-refractivity contribution >= 4 is 37.4 Å². The summed E-state index contributed by atoms with van der Waals surface area (Å²) in [5.41, 5.74) is 0. The van der Waals surface area contributed by atoms with Crippen LogP contribution >= 0.6 is 11.3 Å². The number of sulfonamides is 1. The van der Waals surface area contributed by atoms with Gasteiger partial charge in [0.05, 0.1) is 10.6 Å². The number of hydrogen-bond donors (Lipinski definition) is 1. The molecule has 0 radical (unpaired) electrons.